The van der Waals surface area contributed by atoms with Crippen molar-refractivity contribution >= 4 is 16.9 Å². The van der Waals surface area contributed by atoms with Gasteiger partial charge in [-0.25, -0.2) is 4.98 Å². The number of likely N-dealkylation sites (tertiary alicyclic amines) is 1. The van der Waals surface area contributed by atoms with Crippen LogP contribution in [0, 0.1) is 19.8 Å². The maximum atomic E-state index is 12.4. The van der Waals surface area contributed by atoms with Gasteiger partial charge in [-0.05, 0) is 25.5 Å². The van der Waals surface area contributed by atoms with E-state index in [9.17, 15) is 4.79 Å². The lowest BCUT2D eigenvalue weighted by molar-refractivity contribution is -0.127. The molecular weight excluding hydrogens is 354 g/mol. The number of rotatable bonds is 5. The Morgan fingerprint density at radius 3 is 2.68 bits per heavy atom. The standard InChI is InChI=1S/C20H27N7O/c1-12-16-6-14(9-22-20(16)27(5)24-12)8-21-10-15-7-18(28)25(3)19(15)17-11-23-26(4)13(17)2/h6,9,11,15,19,21H,7-8,10H2,1-5H3/t15-,19+/m0/s1. The fourth-order valence-electron chi connectivity index (χ4n) is 4.25. The van der Waals surface area contributed by atoms with Crippen molar-refractivity contribution in [1.29, 1.82) is 0 Å². The highest BCUT2D eigenvalue weighted by Gasteiger charge is 2.39. The van der Waals surface area contributed by atoms with Gasteiger partial charge in [0.05, 0.1) is 17.9 Å². The van der Waals surface area contributed by atoms with E-state index in [0.29, 0.717) is 13.0 Å². The Labute approximate surface area is 164 Å². The van der Waals surface area contributed by atoms with Gasteiger partial charge in [-0.2, -0.15) is 10.2 Å². The van der Waals surface area contributed by atoms with E-state index in [2.05, 4.69) is 33.5 Å². The number of aromatic nitrogens is 5. The van der Waals surface area contributed by atoms with Crippen LogP contribution in [0.15, 0.2) is 18.5 Å². The first-order chi connectivity index (χ1) is 13.4. The summed E-state index contributed by atoms with van der Waals surface area (Å²) in [6.45, 7) is 5.53. The molecule has 4 rings (SSSR count). The van der Waals surface area contributed by atoms with Crippen molar-refractivity contribution in [1.82, 2.24) is 34.8 Å². The molecule has 1 aliphatic heterocycles. The summed E-state index contributed by atoms with van der Waals surface area (Å²) in [7, 11) is 5.74. The van der Waals surface area contributed by atoms with Gasteiger partial charge in [0.2, 0.25) is 5.91 Å². The monoisotopic (exact) mass is 381 g/mol. The predicted octanol–water partition coefficient (Wildman–Crippen LogP) is 1.63. The summed E-state index contributed by atoms with van der Waals surface area (Å²) in [5.41, 5.74) is 5.25. The van der Waals surface area contributed by atoms with Crippen LogP contribution in [0.5, 0.6) is 0 Å². The van der Waals surface area contributed by atoms with Gasteiger partial charge in [0, 0.05) is 69.4 Å². The Morgan fingerprint density at radius 2 is 1.96 bits per heavy atom. The number of fused-ring (bicyclic) bond motifs is 1. The van der Waals surface area contributed by atoms with Crippen LogP contribution in [0.4, 0.5) is 0 Å². The van der Waals surface area contributed by atoms with Gasteiger partial charge < -0.3 is 10.2 Å². The third-order valence-corrected chi connectivity index (χ3v) is 5.94. The molecule has 28 heavy (non-hydrogen) atoms. The molecule has 1 N–H and O–H groups in total. The largest absolute Gasteiger partial charge is 0.338 e. The minimum atomic E-state index is 0.0647. The normalized spacial score (nSPS) is 19.9. The zero-order chi connectivity index (χ0) is 20.0. The van der Waals surface area contributed by atoms with E-state index in [1.54, 1.807) is 0 Å². The van der Waals surface area contributed by atoms with E-state index in [4.69, 9.17) is 0 Å². The molecule has 0 radical (unpaired) electrons. The van der Waals surface area contributed by atoms with Crippen LogP contribution >= 0.6 is 0 Å². The molecule has 2 atom stereocenters. The first-order valence-corrected chi connectivity index (χ1v) is 9.60. The molecule has 0 unspecified atom stereocenters. The quantitative estimate of drug-likeness (QED) is 0.726. The molecule has 4 heterocycles. The van der Waals surface area contributed by atoms with Crippen LogP contribution in [-0.2, 0) is 25.4 Å². The second-order valence-electron chi connectivity index (χ2n) is 7.78. The summed E-state index contributed by atoms with van der Waals surface area (Å²) < 4.78 is 3.68. The summed E-state index contributed by atoms with van der Waals surface area (Å²) in [4.78, 5) is 18.8. The number of hydrogen-bond donors (Lipinski definition) is 1. The third-order valence-electron chi connectivity index (χ3n) is 5.94. The number of nitrogens with one attached hydrogen (secondary N) is 1. The predicted molar refractivity (Wildman–Crippen MR) is 107 cm³/mol. The first-order valence-electron chi connectivity index (χ1n) is 9.60. The van der Waals surface area contributed by atoms with Crippen LogP contribution in [0.1, 0.15) is 35.0 Å². The van der Waals surface area contributed by atoms with Crippen molar-refractivity contribution in [2.75, 3.05) is 13.6 Å². The van der Waals surface area contributed by atoms with E-state index in [0.717, 1.165) is 40.1 Å². The topological polar surface area (TPSA) is 80.9 Å². The average molecular weight is 381 g/mol. The highest BCUT2D eigenvalue weighted by Crippen LogP contribution is 2.37. The second kappa shape index (κ2) is 7.01. The van der Waals surface area contributed by atoms with Crippen molar-refractivity contribution in [2.45, 2.75) is 32.9 Å². The number of carbonyl (C=O) groups excluding carboxylic acids is 1. The summed E-state index contributed by atoms with van der Waals surface area (Å²) in [5, 5.41) is 13.4. The van der Waals surface area contributed by atoms with Gasteiger partial charge in [-0.1, -0.05) is 0 Å². The molecule has 148 valence electrons. The fourth-order valence-corrected chi connectivity index (χ4v) is 4.25. The van der Waals surface area contributed by atoms with Gasteiger partial charge in [-0.15, -0.1) is 0 Å². The molecule has 1 saturated heterocycles. The zero-order valence-corrected chi connectivity index (χ0v) is 17.1. The Balaban J connectivity index is 1.47. The van der Waals surface area contributed by atoms with Gasteiger partial charge in [0.1, 0.15) is 0 Å². The Morgan fingerprint density at radius 1 is 1.18 bits per heavy atom. The maximum absolute atomic E-state index is 12.4. The number of pyridine rings is 1. The van der Waals surface area contributed by atoms with Crippen LogP contribution in [0.2, 0.25) is 0 Å². The van der Waals surface area contributed by atoms with Crippen LogP contribution < -0.4 is 5.32 Å². The van der Waals surface area contributed by atoms with Gasteiger partial charge in [0.25, 0.3) is 0 Å². The average Bonchev–Trinajstić information content (AvgIpc) is 3.24. The summed E-state index contributed by atoms with van der Waals surface area (Å²) in [6, 6.07) is 2.21. The molecule has 1 fully saturated rings. The fraction of sp³-hybridized carbons (Fsp3) is 0.500. The smallest absolute Gasteiger partial charge is 0.223 e. The first kappa shape index (κ1) is 18.6. The van der Waals surface area contributed by atoms with Crippen LogP contribution in [0.25, 0.3) is 11.0 Å². The van der Waals surface area contributed by atoms with E-state index < -0.39 is 0 Å². The van der Waals surface area contributed by atoms with Gasteiger partial charge >= 0.3 is 0 Å². The molecule has 3 aromatic heterocycles. The summed E-state index contributed by atoms with van der Waals surface area (Å²) in [6.07, 6.45) is 4.34. The van der Waals surface area contributed by atoms with E-state index in [1.165, 1.54) is 0 Å². The molecule has 1 amide bonds. The van der Waals surface area contributed by atoms with E-state index >= 15 is 0 Å². The van der Waals surface area contributed by atoms with E-state index in [1.807, 2.05) is 54.7 Å². The molecule has 0 aromatic carbocycles. The summed E-state index contributed by atoms with van der Waals surface area (Å²) >= 11 is 0. The summed E-state index contributed by atoms with van der Waals surface area (Å²) in [5.74, 6) is 0.409. The molecule has 1 aliphatic rings. The minimum absolute atomic E-state index is 0.0647. The third kappa shape index (κ3) is 3.07. The highest BCUT2D eigenvalue weighted by molar-refractivity contribution is 5.79. The number of aryl methyl sites for hydroxylation is 3. The zero-order valence-electron chi connectivity index (χ0n) is 17.1. The molecule has 8 heteroatoms. The lowest BCUT2D eigenvalue weighted by atomic mass is 9.94. The molecule has 0 bridgehead atoms. The number of hydrogen-bond acceptors (Lipinski definition) is 5. The van der Waals surface area contributed by atoms with Crippen molar-refractivity contribution in [3.8, 4) is 0 Å². The molecule has 0 spiro atoms. The second-order valence-corrected chi connectivity index (χ2v) is 7.78. The van der Waals surface area contributed by atoms with Crippen molar-refractivity contribution in [2.24, 2.45) is 20.0 Å². The molecule has 8 nitrogen and oxygen atoms in total. The number of amides is 1. The Hall–Kier alpha value is -2.74. The molecular formula is C20H27N7O. The van der Waals surface area contributed by atoms with Gasteiger partial charge in [-0.3, -0.25) is 14.2 Å². The van der Waals surface area contributed by atoms with Crippen LogP contribution in [-0.4, -0.2) is 48.9 Å². The lowest BCUT2D eigenvalue weighted by Crippen LogP contribution is -2.29. The minimum Gasteiger partial charge on any atom is -0.338 e. The molecule has 0 aliphatic carbocycles. The number of nitrogens with zero attached hydrogens (tertiary/aromatic N) is 6. The lowest BCUT2D eigenvalue weighted by Gasteiger charge is -2.25. The van der Waals surface area contributed by atoms with Crippen molar-refractivity contribution in [3.63, 3.8) is 0 Å². The van der Waals surface area contributed by atoms with Crippen molar-refractivity contribution in [3.05, 3.63) is 41.0 Å². The van der Waals surface area contributed by atoms with Gasteiger partial charge in [0.15, 0.2) is 5.65 Å². The van der Waals surface area contributed by atoms with Crippen molar-refractivity contribution < 1.29 is 4.79 Å². The molecule has 3 aromatic rings. The highest BCUT2D eigenvalue weighted by atomic mass is 16.2. The molecule has 0 saturated carbocycles. The Bertz CT molecular complexity index is 1030. The Kier molecular flexibility index (Phi) is 4.66. The van der Waals surface area contributed by atoms with Crippen LogP contribution in [0.3, 0.4) is 0 Å². The SMILES string of the molecule is Cc1nn(C)c2ncc(CNC[C@@H]3CC(=O)N(C)[C@H]3c3cnn(C)c3C)cc12. The number of carbonyl (C=O) groups is 1. The van der Waals surface area contributed by atoms with E-state index in [-0.39, 0.29) is 17.9 Å². The maximum Gasteiger partial charge on any atom is 0.223 e.